The van der Waals surface area contributed by atoms with Crippen molar-refractivity contribution in [3.05, 3.63) is 304 Å². The first-order chi connectivity index (χ1) is 65.9. The maximum atomic E-state index is 12.3. The highest BCUT2D eigenvalue weighted by Gasteiger charge is 2.59. The lowest BCUT2D eigenvalue weighted by Crippen LogP contribution is -2.42. The van der Waals surface area contributed by atoms with Crippen LogP contribution in [0, 0.1) is 43.6 Å². The van der Waals surface area contributed by atoms with Crippen molar-refractivity contribution in [3.8, 4) is 0 Å². The van der Waals surface area contributed by atoms with E-state index in [0.29, 0.717) is 37.3 Å². The van der Waals surface area contributed by atoms with Crippen molar-refractivity contribution in [2.75, 3.05) is 57.6 Å². The van der Waals surface area contributed by atoms with Crippen LogP contribution in [0.1, 0.15) is 233 Å². The molecule has 0 spiro atoms. The van der Waals surface area contributed by atoms with Crippen molar-refractivity contribution in [1.82, 2.24) is 14.7 Å². The smallest absolute Gasteiger partial charge is 0.309 e. The van der Waals surface area contributed by atoms with Crippen molar-refractivity contribution < 1.29 is 84.6 Å². The Morgan fingerprint density at radius 2 is 0.782 bits per heavy atom. The molecule has 4 heterocycles. The first kappa shape index (κ1) is 128. The fourth-order valence-corrected chi connectivity index (χ4v) is 18.0. The van der Waals surface area contributed by atoms with Gasteiger partial charge in [-0.2, -0.15) is 0 Å². The van der Waals surface area contributed by atoms with Gasteiger partial charge in [0.25, 0.3) is 5.69 Å². The number of carbonyl (C=O) groups excluding carboxylic acids is 2. The van der Waals surface area contributed by atoms with Crippen LogP contribution in [0.5, 0.6) is 0 Å². The highest BCUT2D eigenvalue weighted by atomic mass is 35.5. The third-order valence-electron chi connectivity index (χ3n) is 26.5. The second kappa shape index (κ2) is 65.3. The van der Waals surface area contributed by atoms with Crippen LogP contribution >= 0.6 is 11.6 Å². The van der Waals surface area contributed by atoms with E-state index in [1.807, 2.05) is 173 Å². The van der Waals surface area contributed by atoms with Crippen LogP contribution in [0.2, 0.25) is 0 Å². The Kier molecular flexibility index (Phi) is 59.0. The van der Waals surface area contributed by atoms with Crippen molar-refractivity contribution in [2.45, 2.75) is 241 Å². The number of carbonyl (C=O) groups is 6. The molecule has 3 saturated heterocycles. The standard InChI is InChI=1S/C23H28N2O.C14H13N2O2.2C14H22N2.2C10H16O4.C9H7ClO.2C6H6O3S.2C2H6.3CH4/c1-25-18-8-7-12-21(25)16-15-20-11-5-6-13-22(20)24-23(26)17-14-19-9-3-2-4-10-19;1-15-11-5-4-7-13(15)10-9-12-6-2-3-8-14(12)16(17)18;2*1-16-11-5-4-7-13(16)10-9-12-6-2-3-8-14(12)15;2*1-9(2)6(7(11)12)4-5-10(9,3)8(13)14;10-9(11)7-6-8-4-2-1-3-5-8;2*7-10(8,9)6-4-2-1-3-5-6;2*1-2;;;/h2-6,9-11,13-14,17,21H,7-8,12,15-16,18H2,1H3,(H,24,26);2-11H,1H3;2*2-3,6,8,13H,4-5,7,9-11,15H2,1H3;2*6H,4-5H2,1-3H3,(H,11,12)(H,13,14);1-7H;2*1-5H,(H,7,8,9);2*1-2H3;3*1H4/q;+1;;;;;;;;;;;;/p-2/b17-14+;10-9+;;;;;7-6+;;;;;;;/t21-;;13-;;2*6-,10+;;;;;;;;/m0.0.11......../s1. The molecule has 9 N–H and O–H groups in total. The number of nitrogens with two attached hydrogens (primary N) is 2. The molecule has 0 bridgehead atoms. The Balaban J connectivity index is 0.000000804. The molecule has 2 aliphatic carbocycles. The summed E-state index contributed by atoms with van der Waals surface area (Å²) in [4.78, 5) is 84.3. The Labute approximate surface area is 851 Å². The normalized spacial score (nSPS) is 19.1. The van der Waals surface area contributed by atoms with Gasteiger partial charge in [0.05, 0.1) is 42.9 Å². The van der Waals surface area contributed by atoms with E-state index in [9.17, 15) is 64.8 Å². The molecule has 142 heavy (non-hydrogen) atoms. The summed E-state index contributed by atoms with van der Waals surface area (Å²) in [5.74, 6) is -4.76. The number of pyridine rings is 1. The first-order valence-electron chi connectivity index (χ1n) is 47.5. The van der Waals surface area contributed by atoms with E-state index in [-0.39, 0.29) is 48.6 Å². The van der Waals surface area contributed by atoms with Crippen LogP contribution in [0.25, 0.3) is 24.3 Å². The van der Waals surface area contributed by atoms with E-state index in [0.717, 1.165) is 71.6 Å². The molecule has 8 aromatic carbocycles. The molecule has 9 aromatic rings. The zero-order valence-electron chi connectivity index (χ0n) is 83.1. The number of benzene rings is 8. The summed E-state index contributed by atoms with van der Waals surface area (Å²) in [5.41, 5.74) is 19.0. The monoisotopic (exact) mass is 2010 g/mol. The van der Waals surface area contributed by atoms with Gasteiger partial charge in [-0.3, -0.25) is 38.9 Å². The molecule has 1 aromatic heterocycles. The average Bonchev–Trinajstić information content (AvgIpc) is 1.60. The van der Waals surface area contributed by atoms with Gasteiger partial charge in [-0.15, -0.1) is 0 Å². The van der Waals surface area contributed by atoms with E-state index < -0.39 is 82.9 Å². The Bertz CT molecular complexity index is 5410. The molecule has 14 rings (SSSR count). The van der Waals surface area contributed by atoms with Gasteiger partial charge in [0, 0.05) is 65.5 Å². The number of nitrogen functional groups attached to an aromatic ring is 2. The van der Waals surface area contributed by atoms with Crippen LogP contribution in [0.15, 0.2) is 265 Å². The number of allylic oxidation sites excluding steroid dienone is 1. The van der Waals surface area contributed by atoms with E-state index >= 15 is 0 Å². The first-order valence-corrected chi connectivity index (χ1v) is 50.7. The minimum absolute atomic E-state index is 0. The lowest BCUT2D eigenvalue weighted by atomic mass is 9.66. The minimum atomic E-state index is -4.25. The number of piperidine rings is 3. The Morgan fingerprint density at radius 3 is 1.11 bits per heavy atom. The number of nitrogens with one attached hydrogen (secondary N) is 1. The van der Waals surface area contributed by atoms with Gasteiger partial charge < -0.3 is 61.0 Å². The minimum Gasteiger partial charge on any atom is -0.744 e. The van der Waals surface area contributed by atoms with E-state index in [1.165, 1.54) is 168 Å². The fourth-order valence-electron chi connectivity index (χ4n) is 17.0. The molecule has 778 valence electrons. The van der Waals surface area contributed by atoms with Crippen molar-refractivity contribution in [2.24, 2.45) is 40.5 Å². The molecule has 3 aliphatic heterocycles. The SMILES string of the molecule is C.C.C.CC.CC.CC1(C)[C@@H](C(=O)O)CC[C@@]1(C)C(=O)O.CC1(C)[C@@H](C(=O)O)CC[C@@]1(C)C(=O)O.CN1CCCCC1CCc1ccccc1N.CN1CCCC[C@H]1CCc1ccccc1N.CN1CCCC[C@H]1CCc1ccccc1NC(=O)/C=C/c1ccccc1.C[n+]1ccccc1/C=C/c1ccccc1[N+](=O)[O-].O=C(Cl)/C=C/c1ccccc1.O=S(=O)([O-])c1ccccc1.O=S(=O)([O-])c1ccccc1. The maximum absolute atomic E-state index is 12.3. The molecule has 0 radical (unpaired) electrons. The number of hydrogen-bond donors (Lipinski definition) is 7. The molecule has 2 saturated carbocycles. The molecular weight excluding hydrogens is 1860 g/mol. The van der Waals surface area contributed by atoms with Gasteiger partial charge in [-0.25, -0.2) is 21.4 Å². The largest absolute Gasteiger partial charge is 0.744 e. The van der Waals surface area contributed by atoms with Crippen molar-refractivity contribution in [3.63, 3.8) is 0 Å². The molecule has 1 amide bonds. The number of anilines is 3. The van der Waals surface area contributed by atoms with E-state index in [4.69, 9.17) is 43.5 Å². The molecular formula is C113H158ClN8O18S2-. The summed E-state index contributed by atoms with van der Waals surface area (Å²) in [6.45, 7) is 21.9. The highest BCUT2D eigenvalue weighted by molar-refractivity contribution is 7.86. The van der Waals surface area contributed by atoms with Gasteiger partial charge in [-0.05, 0) is 280 Å². The zero-order chi connectivity index (χ0) is 104. The van der Waals surface area contributed by atoms with E-state index in [2.05, 4.69) is 77.6 Å². The highest BCUT2D eigenvalue weighted by Crippen LogP contribution is 2.57. The lowest BCUT2D eigenvalue weighted by Gasteiger charge is -2.36. The number of amides is 1. The van der Waals surface area contributed by atoms with Crippen LogP contribution in [0.4, 0.5) is 22.7 Å². The number of carboxylic acids is 4. The summed E-state index contributed by atoms with van der Waals surface area (Å²) in [6, 6.07) is 73.1. The van der Waals surface area contributed by atoms with Gasteiger partial charge in [0.2, 0.25) is 16.8 Å². The summed E-state index contributed by atoms with van der Waals surface area (Å²) < 4.78 is 63.6. The number of hydrogen-bond acceptors (Lipinski definition) is 19. The topological polar surface area (TPSA) is 419 Å². The number of rotatable bonds is 23. The summed E-state index contributed by atoms with van der Waals surface area (Å²) in [7, 11) is 0.148. The number of nitro benzene ring substituents is 1. The third-order valence-corrected chi connectivity index (χ3v) is 28.4. The molecule has 26 nitrogen and oxygen atoms in total. The fraction of sp³-hybridized carbons (Fsp3) is 0.425. The number of likely N-dealkylation sites (tertiary alicyclic amines) is 3. The maximum Gasteiger partial charge on any atom is 0.309 e. The van der Waals surface area contributed by atoms with Crippen LogP contribution in [-0.4, -0.2) is 160 Å². The zero-order valence-corrected chi connectivity index (χ0v) is 85.5. The van der Waals surface area contributed by atoms with Gasteiger partial charge in [0.15, 0.2) is 6.20 Å². The molecule has 7 atom stereocenters. The second-order valence-electron chi connectivity index (χ2n) is 35.8. The number of carboxylic acid groups (broad SMARTS) is 4. The molecule has 5 aliphatic rings. The lowest BCUT2D eigenvalue weighted by molar-refractivity contribution is -0.673. The Hall–Kier alpha value is -11.9. The molecule has 29 heteroatoms. The average molecular weight is 2020 g/mol. The molecule has 1 unspecified atom stereocenters. The Morgan fingerprint density at radius 1 is 0.451 bits per heavy atom. The quantitative estimate of drug-likeness (QED) is 0.00595. The van der Waals surface area contributed by atoms with Crippen molar-refractivity contribution >= 4 is 114 Å². The number of para-hydroxylation sites is 4. The van der Waals surface area contributed by atoms with Gasteiger partial charge >= 0.3 is 23.9 Å². The number of aromatic nitrogens is 1. The predicted octanol–water partition coefficient (Wildman–Crippen LogP) is 23.5. The van der Waals surface area contributed by atoms with E-state index in [1.54, 1.807) is 90.1 Å². The third kappa shape index (κ3) is 42.7. The predicted molar refractivity (Wildman–Crippen MR) is 575 cm³/mol. The van der Waals surface area contributed by atoms with Gasteiger partial charge in [-0.1, -0.05) is 267 Å². The number of nitrogens with zero attached hydrogens (tertiary/aromatic N) is 5. The molecule has 5 fully saturated rings. The summed E-state index contributed by atoms with van der Waals surface area (Å²) in [6.07, 6.45) is 32.7. The van der Waals surface area contributed by atoms with Crippen molar-refractivity contribution in [1.29, 1.82) is 0 Å². The number of aryl methyl sites for hydroxylation is 4. The van der Waals surface area contributed by atoms with Crippen LogP contribution < -0.4 is 21.4 Å². The summed E-state index contributed by atoms with van der Waals surface area (Å²) in [5, 5.41) is 49.6. The number of halogens is 1. The van der Waals surface area contributed by atoms with Crippen LogP contribution in [-0.2, 0) is 75.3 Å². The number of nitro groups is 1. The van der Waals surface area contributed by atoms with Gasteiger partial charge in [0.1, 0.15) is 27.3 Å². The number of aliphatic carboxylic acids is 4. The summed E-state index contributed by atoms with van der Waals surface area (Å²) >= 11 is 5.10. The van der Waals surface area contributed by atoms with Crippen LogP contribution in [0.3, 0.4) is 0 Å². The second-order valence-corrected chi connectivity index (χ2v) is 39.0.